The van der Waals surface area contributed by atoms with E-state index in [0.29, 0.717) is 15.6 Å². The minimum Gasteiger partial charge on any atom is -0.504 e. The number of ether oxygens (including phenoxy) is 1. The number of hydrogen-bond donors (Lipinski definition) is 7. The van der Waals surface area contributed by atoms with E-state index in [1.165, 1.54) is 25.3 Å². The lowest BCUT2D eigenvalue weighted by molar-refractivity contribution is -0.132. The first-order valence-electron chi connectivity index (χ1n) is 19.7. The zero-order valence-corrected chi connectivity index (χ0v) is 39.3. The second kappa shape index (κ2) is 23.2. The molecule has 20 heteroatoms. The molecule has 15 nitrogen and oxygen atoms in total. The number of hydrogen-bond acceptors (Lipinski definition) is 9. The second-order valence-corrected chi connectivity index (χ2v) is 18.8. The lowest BCUT2D eigenvalue weighted by Gasteiger charge is -2.24. The summed E-state index contributed by atoms with van der Waals surface area (Å²) >= 11 is 5.46. The number of benzene rings is 4. The maximum absolute atomic E-state index is 14.5. The molecule has 0 saturated heterocycles. The second-order valence-electron chi connectivity index (χ2n) is 15.0. The molecule has 3 unspecified atom stereocenters. The number of carbonyl (C=O) groups is 6. The Hall–Kier alpha value is -5.08. The van der Waals surface area contributed by atoms with E-state index in [0.717, 1.165) is 33.4 Å². The van der Waals surface area contributed by atoms with Gasteiger partial charge in [-0.1, -0.05) is 64.5 Å². The summed E-state index contributed by atoms with van der Waals surface area (Å²) < 4.78 is 46.9. The number of aryl methyl sites for hydroxylation is 1. The van der Waals surface area contributed by atoms with Crippen LogP contribution in [0.4, 0.5) is 8.78 Å². The van der Waals surface area contributed by atoms with E-state index in [1.807, 2.05) is 13.0 Å². The maximum atomic E-state index is 14.5. The fraction of sp³-hybridized carbons (Fsp3) is 0.318. The number of methoxy groups -OCH3 is 1. The van der Waals surface area contributed by atoms with E-state index in [4.69, 9.17) is 10.5 Å². The summed E-state index contributed by atoms with van der Waals surface area (Å²) in [6, 6.07) is 18.6. The van der Waals surface area contributed by atoms with Gasteiger partial charge >= 0.3 is 13.3 Å². The molecule has 0 spiro atoms. The Balaban J connectivity index is 1.58. The van der Waals surface area contributed by atoms with E-state index in [-0.39, 0.29) is 67.3 Å². The Kier molecular flexibility index (Phi) is 18.7. The van der Waals surface area contributed by atoms with Crippen molar-refractivity contribution in [3.05, 3.63) is 126 Å². The van der Waals surface area contributed by atoms with E-state index >= 15 is 0 Å². The molecule has 342 valence electrons. The van der Waals surface area contributed by atoms with Crippen molar-refractivity contribution in [1.82, 2.24) is 16.0 Å². The molecule has 0 heterocycles. The number of halogens is 4. The third-order valence-electron chi connectivity index (χ3n) is 10.2. The van der Waals surface area contributed by atoms with Crippen LogP contribution in [0.25, 0.3) is 0 Å². The molecule has 4 aromatic rings. The molecule has 0 bridgehead atoms. The van der Waals surface area contributed by atoms with Gasteiger partial charge in [0.1, 0.15) is 0 Å². The summed E-state index contributed by atoms with van der Waals surface area (Å²) in [6.07, 6.45) is -1.26. The molecule has 3 atom stereocenters. The number of alkyl halides is 2. The number of nitrogens with two attached hydrogens (primary N) is 1. The van der Waals surface area contributed by atoms with Crippen LogP contribution in [-0.2, 0) is 42.2 Å². The monoisotopic (exact) mass is 1080 g/mol. The van der Waals surface area contributed by atoms with Crippen LogP contribution in [0.3, 0.4) is 0 Å². The molecule has 4 rings (SSSR count). The highest BCUT2D eigenvalue weighted by molar-refractivity contribution is 14.1. The number of carbonyl (C=O) groups excluding carboxylic acids is 6. The van der Waals surface area contributed by atoms with Crippen LogP contribution in [-0.4, -0.2) is 76.3 Å². The van der Waals surface area contributed by atoms with Gasteiger partial charge in [-0.2, -0.15) is 8.78 Å². The number of phenolic OH excluding ortho intramolecular Hbond substituents is 1. The van der Waals surface area contributed by atoms with Crippen molar-refractivity contribution < 1.29 is 61.7 Å². The highest BCUT2D eigenvalue weighted by Gasteiger charge is 2.50. The average Bonchev–Trinajstić information content (AvgIpc) is 3.24. The van der Waals surface area contributed by atoms with Crippen molar-refractivity contribution in [2.24, 2.45) is 17.6 Å². The van der Waals surface area contributed by atoms with Gasteiger partial charge in [0.2, 0.25) is 17.7 Å². The molecule has 0 fully saturated rings. The Morgan fingerprint density at radius 3 is 2.20 bits per heavy atom. The zero-order valence-electron chi connectivity index (χ0n) is 34.6. The largest absolute Gasteiger partial charge is 0.504 e. The zero-order chi connectivity index (χ0) is 47.4. The number of nitrogens with one attached hydrogen (secondary N) is 3. The SMILES string of the molecule is COc1cc(CC(=O)NCC(CC(=O)C(CCCNC(=O)c2cccc(I)c2)NC(=O)C(CC(=O)c2ccc(C)c(Br)c2)Cc2ccc(C(F)(F)P(=O)(O)O)cc2)C(N)=O)ccc1O. The van der Waals surface area contributed by atoms with Crippen LogP contribution < -0.4 is 26.4 Å². The van der Waals surface area contributed by atoms with Gasteiger partial charge in [-0.15, -0.1) is 0 Å². The standard InChI is InChI=1S/C44H47BrF2IN4O11P/c1-25-8-12-28(21-34(25)45)37(54)22-30(17-26-9-13-32(14-10-26)44(46,47)64(60,61)62)43(59)52-35(7-4-16-50-42(58)29-5-3-6-33(48)20-29)38(55)23-31(41(49)57)24-51-40(56)19-27-11-15-36(53)39(18-27)63-2/h3,5-6,8-15,18,20-21,30-31,35,53H,4,7,16-17,19,22-24H2,1-2H3,(H2,49,57)(H,50,58)(H,51,56)(H,52,59)(H2,60,61,62). The molecule has 64 heavy (non-hydrogen) atoms. The first-order chi connectivity index (χ1) is 30.1. The summed E-state index contributed by atoms with van der Waals surface area (Å²) in [7, 11) is -4.53. The average molecular weight is 1080 g/mol. The number of amides is 4. The minimum absolute atomic E-state index is 0.0601. The molecule has 0 aromatic heterocycles. The van der Waals surface area contributed by atoms with Crippen molar-refractivity contribution in [3.8, 4) is 11.5 Å². The topological polar surface area (TPSA) is 252 Å². The number of rotatable bonds is 23. The van der Waals surface area contributed by atoms with Gasteiger partial charge < -0.3 is 41.3 Å². The number of phenols is 1. The molecule has 4 aromatic carbocycles. The molecule has 0 saturated carbocycles. The number of primary amides is 1. The van der Waals surface area contributed by atoms with Crippen molar-refractivity contribution in [2.75, 3.05) is 20.2 Å². The molecule has 4 amide bonds. The van der Waals surface area contributed by atoms with E-state index in [1.54, 1.807) is 36.4 Å². The van der Waals surface area contributed by atoms with E-state index < -0.39 is 78.8 Å². The Labute approximate surface area is 389 Å². The minimum atomic E-state index is -5.88. The van der Waals surface area contributed by atoms with Gasteiger partial charge in [0.15, 0.2) is 23.1 Å². The van der Waals surface area contributed by atoms with Crippen LogP contribution in [0.15, 0.2) is 89.4 Å². The van der Waals surface area contributed by atoms with Gasteiger partial charge in [-0.25, -0.2) is 0 Å². The summed E-state index contributed by atoms with van der Waals surface area (Å²) in [5.41, 5.74) is 2.43. The van der Waals surface area contributed by atoms with Crippen molar-refractivity contribution in [2.45, 2.75) is 57.2 Å². The fourth-order valence-corrected chi connectivity index (χ4v) is 7.89. The van der Waals surface area contributed by atoms with Crippen molar-refractivity contribution in [1.29, 1.82) is 0 Å². The summed E-state index contributed by atoms with van der Waals surface area (Å²) in [5, 5.41) is 17.9. The molecule has 0 aliphatic heterocycles. The number of aromatic hydroxyl groups is 1. The van der Waals surface area contributed by atoms with Gasteiger partial charge in [0.05, 0.1) is 25.5 Å². The predicted molar refractivity (Wildman–Crippen MR) is 244 cm³/mol. The third kappa shape index (κ3) is 14.7. The normalized spacial score (nSPS) is 12.9. The van der Waals surface area contributed by atoms with E-state index in [2.05, 4.69) is 54.5 Å². The first kappa shape index (κ1) is 51.6. The summed E-state index contributed by atoms with van der Waals surface area (Å²) in [6.45, 7) is 1.53. The van der Waals surface area contributed by atoms with Gasteiger partial charge in [-0.3, -0.25) is 33.3 Å². The quantitative estimate of drug-likeness (QED) is 0.0201. The molecule has 8 N–H and O–H groups in total. The Bertz CT molecular complexity index is 2420. The molecular formula is C44H47BrF2IN4O11P. The highest BCUT2D eigenvalue weighted by Crippen LogP contribution is 2.59. The first-order valence-corrected chi connectivity index (χ1v) is 23.2. The van der Waals surface area contributed by atoms with Crippen LogP contribution >= 0.6 is 46.1 Å². The summed E-state index contributed by atoms with van der Waals surface area (Å²) in [5.74, 6) is -6.20. The maximum Gasteiger partial charge on any atom is 0.399 e. The molecule has 0 aliphatic rings. The van der Waals surface area contributed by atoms with Crippen molar-refractivity contribution >= 4 is 81.3 Å². The number of ketones is 2. The smallest absolute Gasteiger partial charge is 0.399 e. The lowest BCUT2D eigenvalue weighted by atomic mass is 9.89. The summed E-state index contributed by atoms with van der Waals surface area (Å²) in [4.78, 5) is 98.7. The molecular weight excluding hydrogens is 1040 g/mol. The number of Topliss-reactive ketones (excluding diaryl/α,β-unsaturated/α-hetero) is 2. The van der Waals surface area contributed by atoms with Gasteiger partial charge in [-0.05, 0) is 102 Å². The van der Waals surface area contributed by atoms with Crippen LogP contribution in [0.2, 0.25) is 0 Å². The highest BCUT2D eigenvalue weighted by atomic mass is 127. The van der Waals surface area contributed by atoms with E-state index in [9.17, 15) is 57.0 Å². The van der Waals surface area contributed by atoms with Crippen LogP contribution in [0.1, 0.15) is 68.7 Å². The lowest BCUT2D eigenvalue weighted by Crippen LogP contribution is -2.47. The van der Waals surface area contributed by atoms with Crippen molar-refractivity contribution in [3.63, 3.8) is 0 Å². The third-order valence-corrected chi connectivity index (χ3v) is 12.7. The fourth-order valence-electron chi connectivity index (χ4n) is 6.48. The predicted octanol–water partition coefficient (Wildman–Crippen LogP) is 5.85. The van der Waals surface area contributed by atoms with Crippen LogP contribution in [0.5, 0.6) is 11.5 Å². The van der Waals surface area contributed by atoms with Crippen LogP contribution in [0, 0.1) is 22.3 Å². The Morgan fingerprint density at radius 1 is 0.891 bits per heavy atom. The van der Waals surface area contributed by atoms with Gasteiger partial charge in [0, 0.05) is 56.6 Å². The van der Waals surface area contributed by atoms with Gasteiger partial charge in [0.25, 0.3) is 5.91 Å². The molecule has 0 radical (unpaired) electrons. The Morgan fingerprint density at radius 2 is 1.58 bits per heavy atom. The molecule has 0 aliphatic carbocycles.